The summed E-state index contributed by atoms with van der Waals surface area (Å²) < 4.78 is 0. The van der Waals surface area contributed by atoms with E-state index in [1.165, 1.54) is 0 Å². The van der Waals surface area contributed by atoms with Crippen LogP contribution in [0.15, 0.2) is 30.3 Å². The Morgan fingerprint density at radius 3 is 2.83 bits per heavy atom. The van der Waals surface area contributed by atoms with Gasteiger partial charge >= 0.3 is 6.03 Å². The summed E-state index contributed by atoms with van der Waals surface area (Å²) in [6.07, 6.45) is 1.31. The summed E-state index contributed by atoms with van der Waals surface area (Å²) in [4.78, 5) is 14.5. The Balaban J connectivity index is 1.95. The van der Waals surface area contributed by atoms with E-state index >= 15 is 0 Å². The van der Waals surface area contributed by atoms with Crippen LogP contribution in [0.2, 0.25) is 0 Å². The average molecular weight is 337 g/mol. The number of benzene rings is 1. The predicted octanol–water partition coefficient (Wildman–Crippen LogP) is 3.08. The summed E-state index contributed by atoms with van der Waals surface area (Å²) >= 11 is 1.92. The molecule has 0 aromatic heterocycles. The van der Waals surface area contributed by atoms with E-state index in [1.54, 1.807) is 6.92 Å². The van der Waals surface area contributed by atoms with Gasteiger partial charge in [-0.1, -0.05) is 30.3 Å². The summed E-state index contributed by atoms with van der Waals surface area (Å²) in [7, 11) is 0. The molecule has 1 aliphatic heterocycles. The molecule has 0 saturated carbocycles. The van der Waals surface area contributed by atoms with E-state index in [2.05, 4.69) is 24.4 Å². The Bertz CT molecular complexity index is 481. The van der Waals surface area contributed by atoms with Gasteiger partial charge in [0.2, 0.25) is 0 Å². The Morgan fingerprint density at radius 1 is 1.39 bits per heavy atom. The topological polar surface area (TPSA) is 52.6 Å². The fraction of sp³-hybridized carbons (Fsp3) is 0.611. The standard InChI is InChI=1S/C18H28N2O2S/c1-14-8-10-23-11-9-20(14)18(22)19-13-17(12-15(2)21)16-6-4-3-5-7-16/h3-7,14-15,17,21H,8-13H2,1-2H3,(H,19,22)/t14-,15-,17-/m0/s1. The molecule has 23 heavy (non-hydrogen) atoms. The molecule has 2 amide bonds. The molecule has 1 aromatic carbocycles. The van der Waals surface area contributed by atoms with Gasteiger partial charge in [0.05, 0.1) is 6.10 Å². The van der Waals surface area contributed by atoms with E-state index in [-0.39, 0.29) is 24.1 Å². The number of amides is 2. The second-order valence-electron chi connectivity index (χ2n) is 6.32. The third-order valence-electron chi connectivity index (χ3n) is 4.35. The zero-order valence-corrected chi connectivity index (χ0v) is 14.9. The van der Waals surface area contributed by atoms with E-state index < -0.39 is 0 Å². The van der Waals surface area contributed by atoms with Crippen molar-refractivity contribution in [2.45, 2.75) is 44.8 Å². The number of aliphatic hydroxyl groups excluding tert-OH is 1. The molecule has 2 rings (SSSR count). The molecule has 1 fully saturated rings. The van der Waals surface area contributed by atoms with E-state index in [1.807, 2.05) is 34.9 Å². The van der Waals surface area contributed by atoms with Crippen molar-refractivity contribution in [3.8, 4) is 0 Å². The monoisotopic (exact) mass is 336 g/mol. The second-order valence-corrected chi connectivity index (χ2v) is 7.55. The molecular formula is C18H28N2O2S. The number of thioether (sulfide) groups is 1. The summed E-state index contributed by atoms with van der Waals surface area (Å²) in [5, 5.41) is 12.8. The third-order valence-corrected chi connectivity index (χ3v) is 5.34. The lowest BCUT2D eigenvalue weighted by molar-refractivity contribution is 0.167. The smallest absolute Gasteiger partial charge is 0.317 e. The maximum absolute atomic E-state index is 12.5. The lowest BCUT2D eigenvalue weighted by Gasteiger charge is -2.28. The molecule has 0 radical (unpaired) electrons. The lowest BCUT2D eigenvalue weighted by Crippen LogP contribution is -2.46. The Morgan fingerprint density at radius 2 is 2.13 bits per heavy atom. The number of carbonyl (C=O) groups excluding carboxylic acids is 1. The van der Waals surface area contributed by atoms with Crippen molar-refractivity contribution in [1.29, 1.82) is 0 Å². The van der Waals surface area contributed by atoms with Crippen molar-refractivity contribution < 1.29 is 9.90 Å². The molecule has 5 heteroatoms. The highest BCUT2D eigenvalue weighted by Gasteiger charge is 2.23. The highest BCUT2D eigenvalue weighted by Crippen LogP contribution is 2.21. The predicted molar refractivity (Wildman–Crippen MR) is 97.0 cm³/mol. The van der Waals surface area contributed by atoms with Crippen molar-refractivity contribution in [2.75, 3.05) is 24.6 Å². The lowest BCUT2D eigenvalue weighted by atomic mass is 9.93. The summed E-state index contributed by atoms with van der Waals surface area (Å²) in [6.45, 7) is 5.29. The van der Waals surface area contributed by atoms with Gasteiger partial charge < -0.3 is 15.3 Å². The SMILES string of the molecule is C[C@H](O)C[C@@H](CNC(=O)N1CCSCC[C@@H]1C)c1ccccc1. The van der Waals surface area contributed by atoms with Gasteiger partial charge in [0, 0.05) is 30.8 Å². The molecule has 3 atom stereocenters. The Kier molecular flexibility index (Phi) is 7.24. The fourth-order valence-corrected chi connectivity index (χ4v) is 4.02. The van der Waals surface area contributed by atoms with Gasteiger partial charge in [-0.2, -0.15) is 11.8 Å². The number of nitrogens with one attached hydrogen (secondary N) is 1. The molecule has 4 nitrogen and oxygen atoms in total. The number of carbonyl (C=O) groups is 1. The summed E-state index contributed by atoms with van der Waals surface area (Å²) in [5.41, 5.74) is 1.16. The molecule has 0 unspecified atom stereocenters. The van der Waals surface area contributed by atoms with E-state index in [0.29, 0.717) is 13.0 Å². The maximum atomic E-state index is 12.5. The number of rotatable bonds is 5. The largest absolute Gasteiger partial charge is 0.393 e. The Labute approximate surface area is 143 Å². The normalized spacial score (nSPS) is 21.3. The first-order valence-electron chi connectivity index (χ1n) is 8.43. The molecule has 1 aliphatic rings. The van der Waals surface area contributed by atoms with Gasteiger partial charge in [-0.25, -0.2) is 4.79 Å². The van der Waals surface area contributed by atoms with Gasteiger partial charge in [0.25, 0.3) is 0 Å². The Hall–Kier alpha value is -1.20. The first-order valence-corrected chi connectivity index (χ1v) is 9.58. The number of nitrogens with zero attached hydrogens (tertiary/aromatic N) is 1. The number of hydrogen-bond acceptors (Lipinski definition) is 3. The molecule has 1 aromatic rings. The van der Waals surface area contributed by atoms with Crippen LogP contribution in [-0.4, -0.2) is 52.8 Å². The van der Waals surface area contributed by atoms with Crippen molar-refractivity contribution in [2.24, 2.45) is 0 Å². The van der Waals surface area contributed by atoms with Crippen LogP contribution in [0, 0.1) is 0 Å². The zero-order chi connectivity index (χ0) is 16.7. The van der Waals surface area contributed by atoms with Crippen LogP contribution in [0.4, 0.5) is 4.79 Å². The molecule has 0 aliphatic carbocycles. The van der Waals surface area contributed by atoms with Crippen molar-refractivity contribution in [3.63, 3.8) is 0 Å². The minimum absolute atomic E-state index is 0.0199. The zero-order valence-electron chi connectivity index (χ0n) is 14.1. The van der Waals surface area contributed by atoms with Crippen molar-refractivity contribution in [3.05, 3.63) is 35.9 Å². The first kappa shape index (κ1) is 18.1. The van der Waals surface area contributed by atoms with Gasteiger partial charge in [0.15, 0.2) is 0 Å². The van der Waals surface area contributed by atoms with Crippen LogP contribution in [0.3, 0.4) is 0 Å². The first-order chi connectivity index (χ1) is 11.1. The molecule has 1 saturated heterocycles. The molecule has 128 valence electrons. The van der Waals surface area contributed by atoms with Crippen LogP contribution >= 0.6 is 11.8 Å². The fourth-order valence-electron chi connectivity index (χ4n) is 2.98. The minimum Gasteiger partial charge on any atom is -0.393 e. The molecule has 1 heterocycles. The van der Waals surface area contributed by atoms with E-state index in [9.17, 15) is 9.90 Å². The van der Waals surface area contributed by atoms with Crippen LogP contribution in [0.25, 0.3) is 0 Å². The molecular weight excluding hydrogens is 308 g/mol. The summed E-state index contributed by atoms with van der Waals surface area (Å²) in [5.74, 6) is 2.27. The number of urea groups is 1. The van der Waals surface area contributed by atoms with Crippen molar-refractivity contribution >= 4 is 17.8 Å². The van der Waals surface area contributed by atoms with Crippen molar-refractivity contribution in [1.82, 2.24) is 10.2 Å². The average Bonchev–Trinajstić information content (AvgIpc) is 2.76. The van der Waals surface area contributed by atoms with Crippen LogP contribution < -0.4 is 5.32 Å². The summed E-state index contributed by atoms with van der Waals surface area (Å²) in [6, 6.07) is 10.4. The van der Waals surface area contributed by atoms with Crippen LogP contribution in [-0.2, 0) is 0 Å². The number of hydrogen-bond donors (Lipinski definition) is 2. The van der Waals surface area contributed by atoms with Gasteiger partial charge in [0.1, 0.15) is 0 Å². The second kappa shape index (κ2) is 9.18. The number of aliphatic hydroxyl groups is 1. The molecule has 2 N–H and O–H groups in total. The van der Waals surface area contributed by atoms with Gasteiger partial charge in [-0.3, -0.25) is 0 Å². The van der Waals surface area contributed by atoms with Gasteiger partial charge in [-0.15, -0.1) is 0 Å². The molecule has 0 bridgehead atoms. The quantitative estimate of drug-likeness (QED) is 0.869. The highest BCUT2D eigenvalue weighted by atomic mass is 32.2. The highest BCUT2D eigenvalue weighted by molar-refractivity contribution is 7.99. The van der Waals surface area contributed by atoms with Crippen LogP contribution in [0.1, 0.15) is 38.2 Å². The van der Waals surface area contributed by atoms with E-state index in [0.717, 1.165) is 30.0 Å². The maximum Gasteiger partial charge on any atom is 0.317 e. The van der Waals surface area contributed by atoms with Gasteiger partial charge in [-0.05, 0) is 38.0 Å². The van der Waals surface area contributed by atoms with E-state index in [4.69, 9.17) is 0 Å². The third kappa shape index (κ3) is 5.74. The minimum atomic E-state index is -0.384. The van der Waals surface area contributed by atoms with Crippen LogP contribution in [0.5, 0.6) is 0 Å². The molecule has 0 spiro atoms.